The van der Waals surface area contributed by atoms with Gasteiger partial charge in [0, 0.05) is 18.5 Å². The Bertz CT molecular complexity index is 1150. The van der Waals surface area contributed by atoms with E-state index in [1.165, 1.54) is 18.2 Å². The van der Waals surface area contributed by atoms with Gasteiger partial charge in [-0.1, -0.05) is 18.2 Å². The standard InChI is InChI=1S/C19H14F2N4O3/c20-17(21)13-5-2-6-14-16(13)18(26)25(12-4-1-3-11(9-12)10-22)15(24-14)7-8-23-19(27)28/h1-6,9,17,23H,7-8H2,(H,27,28). The molecule has 1 heterocycles. The van der Waals surface area contributed by atoms with Gasteiger partial charge >= 0.3 is 6.09 Å². The summed E-state index contributed by atoms with van der Waals surface area (Å²) in [5.74, 6) is 0.188. The van der Waals surface area contributed by atoms with Crippen molar-refractivity contribution in [1.29, 1.82) is 5.26 Å². The van der Waals surface area contributed by atoms with Crippen molar-refractivity contribution in [3.63, 3.8) is 0 Å². The molecule has 3 rings (SSSR count). The summed E-state index contributed by atoms with van der Waals surface area (Å²) < 4.78 is 28.0. The maximum Gasteiger partial charge on any atom is 0.404 e. The van der Waals surface area contributed by atoms with Gasteiger partial charge in [-0.3, -0.25) is 9.36 Å². The third-order valence-corrected chi connectivity index (χ3v) is 4.09. The second kappa shape index (κ2) is 7.84. The van der Waals surface area contributed by atoms with Crippen LogP contribution in [0, 0.1) is 11.3 Å². The summed E-state index contributed by atoms with van der Waals surface area (Å²) in [5.41, 5.74) is -0.480. The highest BCUT2D eigenvalue weighted by atomic mass is 19.3. The lowest BCUT2D eigenvalue weighted by molar-refractivity contribution is 0.153. The van der Waals surface area contributed by atoms with Crippen LogP contribution < -0.4 is 10.9 Å². The maximum absolute atomic E-state index is 13.4. The number of alkyl halides is 2. The predicted octanol–water partition coefficient (Wildman–Crippen LogP) is 3.01. The average Bonchev–Trinajstić information content (AvgIpc) is 2.67. The molecule has 0 bridgehead atoms. The fourth-order valence-electron chi connectivity index (χ4n) is 2.91. The van der Waals surface area contributed by atoms with Crippen LogP contribution in [0.25, 0.3) is 16.6 Å². The fraction of sp³-hybridized carbons (Fsp3) is 0.158. The van der Waals surface area contributed by atoms with Crippen molar-refractivity contribution >= 4 is 17.0 Å². The van der Waals surface area contributed by atoms with Crippen LogP contribution in [0.4, 0.5) is 13.6 Å². The highest BCUT2D eigenvalue weighted by Crippen LogP contribution is 2.25. The number of hydrogen-bond acceptors (Lipinski definition) is 4. The first-order chi connectivity index (χ1) is 13.4. The van der Waals surface area contributed by atoms with E-state index in [0.29, 0.717) is 0 Å². The first kappa shape index (κ1) is 19.0. The van der Waals surface area contributed by atoms with Crippen molar-refractivity contribution in [2.24, 2.45) is 0 Å². The van der Waals surface area contributed by atoms with Gasteiger partial charge in [0.25, 0.3) is 12.0 Å². The third-order valence-electron chi connectivity index (χ3n) is 4.09. The Hall–Kier alpha value is -3.80. The van der Waals surface area contributed by atoms with Crippen LogP contribution in [-0.4, -0.2) is 27.3 Å². The maximum atomic E-state index is 13.4. The van der Waals surface area contributed by atoms with E-state index in [1.807, 2.05) is 6.07 Å². The topological polar surface area (TPSA) is 108 Å². The van der Waals surface area contributed by atoms with Crippen molar-refractivity contribution in [2.45, 2.75) is 12.8 Å². The molecular weight excluding hydrogens is 370 g/mol. The second-order valence-corrected chi connectivity index (χ2v) is 5.85. The molecule has 1 aromatic heterocycles. The first-order valence-electron chi connectivity index (χ1n) is 8.22. The van der Waals surface area contributed by atoms with Gasteiger partial charge in [-0.25, -0.2) is 18.6 Å². The quantitative estimate of drug-likeness (QED) is 0.703. The highest BCUT2D eigenvalue weighted by molar-refractivity contribution is 5.82. The van der Waals surface area contributed by atoms with Crippen molar-refractivity contribution in [2.75, 3.05) is 6.54 Å². The number of nitrogens with zero attached hydrogens (tertiary/aromatic N) is 3. The van der Waals surface area contributed by atoms with Crippen LogP contribution in [0.2, 0.25) is 0 Å². The fourth-order valence-corrected chi connectivity index (χ4v) is 2.91. The van der Waals surface area contributed by atoms with Gasteiger partial charge in [0.05, 0.1) is 28.2 Å². The minimum atomic E-state index is -2.86. The molecule has 7 nitrogen and oxygen atoms in total. The molecule has 0 radical (unpaired) electrons. The van der Waals surface area contributed by atoms with Gasteiger partial charge in [0.2, 0.25) is 0 Å². The summed E-state index contributed by atoms with van der Waals surface area (Å²) in [6, 6.07) is 12.0. The van der Waals surface area contributed by atoms with Crippen molar-refractivity contribution in [3.05, 3.63) is 69.8 Å². The number of hydrogen-bond donors (Lipinski definition) is 2. The zero-order valence-corrected chi connectivity index (χ0v) is 14.4. The number of aromatic nitrogens is 2. The summed E-state index contributed by atoms with van der Waals surface area (Å²) in [5, 5.41) is 19.8. The summed E-state index contributed by atoms with van der Waals surface area (Å²) in [4.78, 5) is 28.2. The van der Waals surface area contributed by atoms with Crippen LogP contribution in [0.3, 0.4) is 0 Å². The Morgan fingerprint density at radius 2 is 2.04 bits per heavy atom. The number of amides is 1. The predicted molar refractivity (Wildman–Crippen MR) is 96.7 cm³/mol. The van der Waals surface area contributed by atoms with Crippen molar-refractivity contribution in [1.82, 2.24) is 14.9 Å². The summed E-state index contributed by atoms with van der Waals surface area (Å²) in [6.07, 6.45) is -4.05. The van der Waals surface area contributed by atoms with Gasteiger partial charge < -0.3 is 10.4 Å². The van der Waals surface area contributed by atoms with Crippen molar-refractivity contribution < 1.29 is 18.7 Å². The molecule has 0 aliphatic rings. The van der Waals surface area contributed by atoms with Crippen LogP contribution in [0.5, 0.6) is 0 Å². The Kier molecular flexibility index (Phi) is 5.31. The molecule has 3 aromatic rings. The second-order valence-electron chi connectivity index (χ2n) is 5.85. The van der Waals surface area contributed by atoms with E-state index >= 15 is 0 Å². The molecule has 28 heavy (non-hydrogen) atoms. The zero-order valence-electron chi connectivity index (χ0n) is 14.4. The number of nitriles is 1. The molecule has 1 amide bonds. The van der Waals surface area contributed by atoms with E-state index in [4.69, 9.17) is 10.4 Å². The van der Waals surface area contributed by atoms with E-state index in [0.717, 1.165) is 10.6 Å². The monoisotopic (exact) mass is 384 g/mol. The van der Waals surface area contributed by atoms with Crippen LogP contribution in [0.15, 0.2) is 47.3 Å². The van der Waals surface area contributed by atoms with E-state index in [1.54, 1.807) is 18.2 Å². The van der Waals surface area contributed by atoms with Gasteiger partial charge in [0.1, 0.15) is 5.82 Å². The summed E-state index contributed by atoms with van der Waals surface area (Å²) in [7, 11) is 0. The zero-order chi connectivity index (χ0) is 20.3. The van der Waals surface area contributed by atoms with Gasteiger partial charge in [-0.15, -0.1) is 0 Å². The Morgan fingerprint density at radius 1 is 1.29 bits per heavy atom. The van der Waals surface area contributed by atoms with Gasteiger partial charge in [-0.05, 0) is 24.3 Å². The van der Waals surface area contributed by atoms with Gasteiger partial charge in [-0.2, -0.15) is 5.26 Å². The van der Waals surface area contributed by atoms with Crippen LogP contribution in [-0.2, 0) is 6.42 Å². The smallest absolute Gasteiger partial charge is 0.404 e. The number of halogens is 2. The number of benzene rings is 2. The Balaban J connectivity index is 2.29. The lowest BCUT2D eigenvalue weighted by Crippen LogP contribution is -2.29. The molecular formula is C19H14F2N4O3. The van der Waals surface area contributed by atoms with E-state index in [-0.39, 0.29) is 40.9 Å². The molecule has 0 aliphatic carbocycles. The number of nitrogens with one attached hydrogen (secondary N) is 1. The van der Waals surface area contributed by atoms with Crippen LogP contribution in [0.1, 0.15) is 23.4 Å². The van der Waals surface area contributed by atoms with E-state index < -0.39 is 23.6 Å². The van der Waals surface area contributed by atoms with Gasteiger partial charge in [0.15, 0.2) is 0 Å². The minimum absolute atomic E-state index is 0.0280. The number of fused-ring (bicyclic) bond motifs is 1. The molecule has 0 spiro atoms. The summed E-state index contributed by atoms with van der Waals surface area (Å²) >= 11 is 0. The number of carboxylic acid groups (broad SMARTS) is 1. The molecule has 2 aromatic carbocycles. The SMILES string of the molecule is N#Cc1cccc(-n2c(CCNC(=O)O)nc3cccc(C(F)F)c3c2=O)c1. The van der Waals surface area contributed by atoms with Crippen molar-refractivity contribution in [3.8, 4) is 11.8 Å². The Labute approximate surface area is 157 Å². The number of rotatable bonds is 5. The molecule has 0 saturated carbocycles. The van der Waals surface area contributed by atoms with E-state index in [2.05, 4.69) is 10.3 Å². The molecule has 0 aliphatic heterocycles. The van der Waals surface area contributed by atoms with E-state index in [9.17, 15) is 18.4 Å². The molecule has 0 unspecified atom stereocenters. The molecule has 9 heteroatoms. The lowest BCUT2D eigenvalue weighted by atomic mass is 10.1. The highest BCUT2D eigenvalue weighted by Gasteiger charge is 2.19. The third kappa shape index (κ3) is 3.66. The molecule has 0 saturated heterocycles. The molecule has 0 atom stereocenters. The number of carbonyl (C=O) groups is 1. The molecule has 0 fully saturated rings. The molecule has 142 valence electrons. The largest absolute Gasteiger partial charge is 0.465 e. The minimum Gasteiger partial charge on any atom is -0.465 e. The lowest BCUT2D eigenvalue weighted by Gasteiger charge is -2.15. The molecule has 2 N–H and O–H groups in total. The first-order valence-corrected chi connectivity index (χ1v) is 8.22. The average molecular weight is 384 g/mol. The Morgan fingerprint density at radius 3 is 2.71 bits per heavy atom. The summed E-state index contributed by atoms with van der Waals surface area (Å²) in [6.45, 7) is -0.0280. The normalized spacial score (nSPS) is 10.8. The van der Waals surface area contributed by atoms with Crippen LogP contribution >= 0.6 is 0 Å².